The molecule has 0 atom stereocenters. The zero-order valence-electron chi connectivity index (χ0n) is 11.7. The second-order valence-corrected chi connectivity index (χ2v) is 7.39. The highest BCUT2D eigenvalue weighted by atomic mass is 79.9. The molecule has 4 nitrogen and oxygen atoms in total. The summed E-state index contributed by atoms with van der Waals surface area (Å²) in [4.78, 5) is 15.1. The number of carboxylic acids is 1. The molecule has 2 heterocycles. The molecule has 1 spiro atoms. The first kappa shape index (κ1) is 15.1. The van der Waals surface area contributed by atoms with Gasteiger partial charge in [0.2, 0.25) is 0 Å². The van der Waals surface area contributed by atoms with Gasteiger partial charge in [-0.25, -0.2) is 4.98 Å². The van der Waals surface area contributed by atoms with E-state index >= 15 is 0 Å². The number of nitrogens with zero attached hydrogens (tertiary/aromatic N) is 1. The number of pyridine rings is 1. The maximum Gasteiger partial charge on any atom is 0.303 e. The summed E-state index contributed by atoms with van der Waals surface area (Å²) < 4.78 is 0.846. The normalized spacial score (nSPS) is 27.4. The van der Waals surface area contributed by atoms with E-state index in [9.17, 15) is 4.79 Å². The number of carbonyl (C=O) groups is 1. The van der Waals surface area contributed by atoms with Gasteiger partial charge in [0.1, 0.15) is 5.82 Å². The highest BCUT2D eigenvalue weighted by Crippen LogP contribution is 2.51. The monoisotopic (exact) mass is 372 g/mol. The van der Waals surface area contributed by atoms with Crippen LogP contribution in [0, 0.1) is 5.92 Å². The second kappa shape index (κ2) is 5.76. The van der Waals surface area contributed by atoms with Crippen LogP contribution in [-0.2, 0) is 10.2 Å². The van der Waals surface area contributed by atoms with E-state index in [1.165, 1.54) is 0 Å². The minimum absolute atomic E-state index is 0.0723. The third kappa shape index (κ3) is 2.78. The standard InChI is InChI=1S/C15H18BrClN2O2/c16-10-7-18-14-12(13(10)17)15(8-19-14)5-3-9(4-6-15)1-2-11(20)21/h7,9H,1-6,8H2,(H,18,19)(H,20,21). The van der Waals surface area contributed by atoms with Crippen molar-refractivity contribution in [2.75, 3.05) is 11.9 Å². The van der Waals surface area contributed by atoms with Crippen LogP contribution in [-0.4, -0.2) is 22.6 Å². The first-order chi connectivity index (χ1) is 10.0. The minimum atomic E-state index is -0.695. The van der Waals surface area contributed by atoms with Crippen molar-refractivity contribution in [2.45, 2.75) is 43.9 Å². The zero-order valence-corrected chi connectivity index (χ0v) is 14.0. The topological polar surface area (TPSA) is 62.2 Å². The average molecular weight is 374 g/mol. The van der Waals surface area contributed by atoms with Crippen LogP contribution in [0.4, 0.5) is 5.82 Å². The molecule has 2 N–H and O–H groups in total. The number of fused-ring (bicyclic) bond motifs is 2. The van der Waals surface area contributed by atoms with Gasteiger partial charge in [0.15, 0.2) is 0 Å². The van der Waals surface area contributed by atoms with Crippen LogP contribution in [0.25, 0.3) is 0 Å². The molecule has 1 fully saturated rings. The van der Waals surface area contributed by atoms with E-state index in [4.69, 9.17) is 16.7 Å². The smallest absolute Gasteiger partial charge is 0.303 e. The Balaban J connectivity index is 1.76. The number of hydrogen-bond donors (Lipinski definition) is 2. The molecule has 0 radical (unpaired) electrons. The molecule has 2 aliphatic rings. The molecule has 0 amide bonds. The molecule has 1 aliphatic carbocycles. The fourth-order valence-electron chi connectivity index (χ4n) is 3.70. The predicted octanol–water partition coefficient (Wildman–Crippen LogP) is 4.22. The summed E-state index contributed by atoms with van der Waals surface area (Å²) in [6.07, 6.45) is 7.04. The Labute approximate surface area is 137 Å². The Morgan fingerprint density at radius 3 is 2.90 bits per heavy atom. The van der Waals surface area contributed by atoms with E-state index in [0.717, 1.165) is 59.5 Å². The van der Waals surface area contributed by atoms with Crippen molar-refractivity contribution in [1.82, 2.24) is 4.98 Å². The summed E-state index contributed by atoms with van der Waals surface area (Å²) in [6.45, 7) is 0.886. The van der Waals surface area contributed by atoms with Crippen molar-refractivity contribution < 1.29 is 9.90 Å². The molecule has 114 valence electrons. The van der Waals surface area contributed by atoms with Gasteiger partial charge in [-0.05, 0) is 54.0 Å². The second-order valence-electron chi connectivity index (χ2n) is 6.15. The molecular weight excluding hydrogens is 356 g/mol. The number of aromatic nitrogens is 1. The molecule has 0 unspecified atom stereocenters. The van der Waals surface area contributed by atoms with Crippen LogP contribution in [0.3, 0.4) is 0 Å². The number of halogens is 2. The largest absolute Gasteiger partial charge is 0.481 e. The molecule has 1 saturated carbocycles. The number of anilines is 1. The van der Waals surface area contributed by atoms with Gasteiger partial charge in [-0.3, -0.25) is 4.79 Å². The van der Waals surface area contributed by atoms with E-state index in [-0.39, 0.29) is 11.8 Å². The third-order valence-electron chi connectivity index (χ3n) is 4.93. The molecular formula is C15H18BrClN2O2. The molecule has 1 aromatic heterocycles. The van der Waals surface area contributed by atoms with Crippen LogP contribution >= 0.6 is 27.5 Å². The van der Waals surface area contributed by atoms with Gasteiger partial charge >= 0.3 is 5.97 Å². The first-order valence-electron chi connectivity index (χ1n) is 7.32. The Hall–Kier alpha value is -0.810. The van der Waals surface area contributed by atoms with E-state index in [0.29, 0.717) is 5.92 Å². The van der Waals surface area contributed by atoms with Crippen LogP contribution < -0.4 is 5.32 Å². The van der Waals surface area contributed by atoms with Crippen LogP contribution in [0.2, 0.25) is 5.02 Å². The lowest BCUT2D eigenvalue weighted by atomic mass is 9.67. The highest BCUT2D eigenvalue weighted by Gasteiger charge is 2.44. The number of nitrogens with one attached hydrogen (secondary N) is 1. The third-order valence-corrected chi connectivity index (χ3v) is 6.15. The molecule has 0 bridgehead atoms. The summed E-state index contributed by atoms with van der Waals surface area (Å²) in [6, 6.07) is 0. The van der Waals surface area contributed by atoms with Crippen LogP contribution in [0.5, 0.6) is 0 Å². The molecule has 1 aliphatic heterocycles. The van der Waals surface area contributed by atoms with Gasteiger partial charge in [0.25, 0.3) is 0 Å². The van der Waals surface area contributed by atoms with Crippen molar-refractivity contribution in [3.05, 3.63) is 21.3 Å². The van der Waals surface area contributed by atoms with Crippen LogP contribution in [0.1, 0.15) is 44.1 Å². The van der Waals surface area contributed by atoms with Gasteiger partial charge in [0.05, 0.1) is 9.50 Å². The van der Waals surface area contributed by atoms with Crippen LogP contribution in [0.15, 0.2) is 10.7 Å². The summed E-state index contributed by atoms with van der Waals surface area (Å²) in [7, 11) is 0. The van der Waals surface area contributed by atoms with E-state index in [1.54, 1.807) is 6.20 Å². The van der Waals surface area contributed by atoms with Gasteiger partial charge < -0.3 is 10.4 Å². The van der Waals surface area contributed by atoms with Crippen molar-refractivity contribution in [2.24, 2.45) is 5.92 Å². The molecule has 21 heavy (non-hydrogen) atoms. The Kier molecular flexibility index (Phi) is 4.14. The molecule has 0 aromatic carbocycles. The van der Waals surface area contributed by atoms with Gasteiger partial charge in [-0.2, -0.15) is 0 Å². The fraction of sp³-hybridized carbons (Fsp3) is 0.600. The Bertz CT molecular complexity index is 571. The molecule has 0 saturated heterocycles. The lowest BCUT2D eigenvalue weighted by molar-refractivity contribution is -0.137. The average Bonchev–Trinajstić information content (AvgIpc) is 2.82. The quantitative estimate of drug-likeness (QED) is 0.833. The zero-order chi connectivity index (χ0) is 15.0. The van der Waals surface area contributed by atoms with Crippen molar-refractivity contribution in [3.63, 3.8) is 0 Å². The summed E-state index contributed by atoms with van der Waals surface area (Å²) >= 11 is 9.96. The fourth-order valence-corrected chi connectivity index (χ4v) is 4.34. The molecule has 6 heteroatoms. The first-order valence-corrected chi connectivity index (χ1v) is 8.49. The highest BCUT2D eigenvalue weighted by molar-refractivity contribution is 9.10. The number of carboxylic acid groups (broad SMARTS) is 1. The van der Waals surface area contributed by atoms with E-state index < -0.39 is 5.97 Å². The Morgan fingerprint density at radius 2 is 2.24 bits per heavy atom. The summed E-state index contributed by atoms with van der Waals surface area (Å²) in [5.74, 6) is 0.737. The lowest BCUT2D eigenvalue weighted by Gasteiger charge is -2.37. The summed E-state index contributed by atoms with van der Waals surface area (Å²) in [5.41, 5.74) is 1.22. The molecule has 3 rings (SSSR count). The Morgan fingerprint density at radius 1 is 1.52 bits per heavy atom. The van der Waals surface area contributed by atoms with Crippen molar-refractivity contribution >= 4 is 39.3 Å². The van der Waals surface area contributed by atoms with Gasteiger partial charge in [0, 0.05) is 30.1 Å². The lowest BCUT2D eigenvalue weighted by Crippen LogP contribution is -2.34. The predicted molar refractivity (Wildman–Crippen MR) is 85.9 cm³/mol. The maximum absolute atomic E-state index is 10.7. The number of rotatable bonds is 3. The number of aliphatic carboxylic acids is 1. The molecule has 1 aromatic rings. The van der Waals surface area contributed by atoms with E-state index in [1.807, 2.05) is 0 Å². The maximum atomic E-state index is 10.7. The number of hydrogen-bond acceptors (Lipinski definition) is 3. The van der Waals surface area contributed by atoms with Crippen molar-refractivity contribution in [3.8, 4) is 0 Å². The van der Waals surface area contributed by atoms with E-state index in [2.05, 4.69) is 26.2 Å². The van der Waals surface area contributed by atoms with Gasteiger partial charge in [-0.1, -0.05) is 11.6 Å². The summed E-state index contributed by atoms with van der Waals surface area (Å²) in [5, 5.41) is 13.0. The SMILES string of the molecule is O=C(O)CCC1CCC2(CC1)CNc1ncc(Br)c(Cl)c12. The van der Waals surface area contributed by atoms with Gasteiger partial charge in [-0.15, -0.1) is 0 Å². The minimum Gasteiger partial charge on any atom is -0.481 e. The van der Waals surface area contributed by atoms with Crippen molar-refractivity contribution in [1.29, 1.82) is 0 Å².